The van der Waals surface area contributed by atoms with Gasteiger partial charge in [-0.15, -0.1) is 12.4 Å². The Morgan fingerprint density at radius 2 is 2.10 bits per heavy atom. The maximum absolute atomic E-state index is 12.1. The summed E-state index contributed by atoms with van der Waals surface area (Å²) in [5.41, 5.74) is 1.27. The van der Waals surface area contributed by atoms with Crippen LogP contribution in [0.1, 0.15) is 25.3 Å². The summed E-state index contributed by atoms with van der Waals surface area (Å²) in [7, 11) is 0. The largest absolute Gasteiger partial charge is 0.366 e. The topological polar surface area (TPSA) is 50.4 Å². The van der Waals surface area contributed by atoms with E-state index < -0.39 is 0 Å². The second-order valence-corrected chi connectivity index (χ2v) is 5.57. The summed E-state index contributed by atoms with van der Waals surface area (Å²) in [5.74, 6) is 0.790. The van der Waals surface area contributed by atoms with Crippen molar-refractivity contribution in [2.45, 2.75) is 25.9 Å². The zero-order valence-electron chi connectivity index (χ0n) is 12.7. The van der Waals surface area contributed by atoms with Crippen molar-refractivity contribution in [1.29, 1.82) is 0 Å². The van der Waals surface area contributed by atoms with Crippen LogP contribution in [0.25, 0.3) is 0 Å². The fraction of sp³-hybridized carbons (Fsp3) is 0.562. The van der Waals surface area contributed by atoms with Crippen LogP contribution in [0.15, 0.2) is 30.3 Å². The number of halogens is 1. The van der Waals surface area contributed by atoms with Crippen LogP contribution in [0, 0.1) is 5.92 Å². The number of carbonyl (C=O) groups is 1. The van der Waals surface area contributed by atoms with Crippen molar-refractivity contribution < 1.29 is 9.53 Å². The smallest absolute Gasteiger partial charge is 0.250 e. The van der Waals surface area contributed by atoms with E-state index in [9.17, 15) is 4.79 Å². The van der Waals surface area contributed by atoms with Crippen LogP contribution in [0.5, 0.6) is 0 Å². The Morgan fingerprint density at radius 3 is 2.67 bits per heavy atom. The predicted molar refractivity (Wildman–Crippen MR) is 86.9 cm³/mol. The average molecular weight is 313 g/mol. The molecule has 5 heteroatoms. The third-order valence-corrected chi connectivity index (χ3v) is 3.75. The van der Waals surface area contributed by atoms with Crippen molar-refractivity contribution in [1.82, 2.24) is 10.6 Å². The van der Waals surface area contributed by atoms with Crippen LogP contribution in [0.4, 0.5) is 0 Å². The summed E-state index contributed by atoms with van der Waals surface area (Å²) < 4.78 is 5.46. The number of ether oxygens (including phenoxy) is 1. The van der Waals surface area contributed by atoms with Gasteiger partial charge in [0.2, 0.25) is 5.91 Å². The lowest BCUT2D eigenvalue weighted by atomic mass is 9.88. The van der Waals surface area contributed by atoms with Gasteiger partial charge in [-0.2, -0.15) is 0 Å². The summed E-state index contributed by atoms with van der Waals surface area (Å²) in [6.45, 7) is 7.04. The standard InChI is InChI=1S/C16H24N2O2.ClH/c1-12(2)14(13-6-4-3-5-7-13)10-18-16(19)15-11-17-8-9-20-15;/h3-7,12,14-15,17H,8-11H2,1-2H3,(H,18,19);1H. The zero-order valence-corrected chi connectivity index (χ0v) is 13.5. The Morgan fingerprint density at radius 1 is 1.38 bits per heavy atom. The van der Waals surface area contributed by atoms with Crippen LogP contribution in [-0.2, 0) is 9.53 Å². The van der Waals surface area contributed by atoms with E-state index in [0.717, 1.165) is 6.54 Å². The summed E-state index contributed by atoms with van der Waals surface area (Å²) in [4.78, 5) is 12.1. The van der Waals surface area contributed by atoms with Crippen LogP contribution < -0.4 is 10.6 Å². The van der Waals surface area contributed by atoms with Crippen molar-refractivity contribution in [3.05, 3.63) is 35.9 Å². The molecule has 118 valence electrons. The van der Waals surface area contributed by atoms with Crippen LogP contribution in [0.3, 0.4) is 0 Å². The quantitative estimate of drug-likeness (QED) is 0.874. The van der Waals surface area contributed by atoms with Crippen LogP contribution in [0.2, 0.25) is 0 Å². The number of benzene rings is 1. The van der Waals surface area contributed by atoms with E-state index >= 15 is 0 Å². The van der Waals surface area contributed by atoms with E-state index in [4.69, 9.17) is 4.74 Å². The van der Waals surface area contributed by atoms with Crippen LogP contribution >= 0.6 is 12.4 Å². The van der Waals surface area contributed by atoms with Gasteiger partial charge in [0, 0.05) is 25.6 Å². The molecule has 1 aliphatic rings. The SMILES string of the molecule is CC(C)C(CNC(=O)C1CNCCO1)c1ccccc1.Cl. The van der Waals surface area contributed by atoms with Gasteiger partial charge in [0.1, 0.15) is 6.10 Å². The first-order valence-electron chi connectivity index (χ1n) is 7.33. The molecule has 0 aromatic heterocycles. The molecular formula is C16H25ClN2O2. The second-order valence-electron chi connectivity index (χ2n) is 5.57. The van der Waals surface area contributed by atoms with E-state index in [1.54, 1.807) is 0 Å². The van der Waals surface area contributed by atoms with Gasteiger partial charge >= 0.3 is 0 Å². The van der Waals surface area contributed by atoms with Crippen molar-refractivity contribution in [2.75, 3.05) is 26.2 Å². The molecule has 0 aliphatic carbocycles. The van der Waals surface area contributed by atoms with E-state index in [1.807, 2.05) is 18.2 Å². The van der Waals surface area contributed by atoms with Gasteiger partial charge in [0.25, 0.3) is 0 Å². The normalized spacial score (nSPS) is 19.7. The van der Waals surface area contributed by atoms with E-state index in [0.29, 0.717) is 31.5 Å². The van der Waals surface area contributed by atoms with Gasteiger partial charge in [0.05, 0.1) is 6.61 Å². The van der Waals surface area contributed by atoms with Crippen molar-refractivity contribution >= 4 is 18.3 Å². The molecule has 0 spiro atoms. The highest BCUT2D eigenvalue weighted by molar-refractivity contribution is 5.85. The lowest BCUT2D eigenvalue weighted by Crippen LogP contribution is -2.48. The van der Waals surface area contributed by atoms with Crippen molar-refractivity contribution in [3.8, 4) is 0 Å². The molecule has 21 heavy (non-hydrogen) atoms. The number of hydrogen-bond acceptors (Lipinski definition) is 3. The van der Waals surface area contributed by atoms with E-state index in [1.165, 1.54) is 5.56 Å². The first-order chi connectivity index (χ1) is 9.68. The Kier molecular flexibility index (Phi) is 7.72. The molecule has 4 nitrogen and oxygen atoms in total. The number of nitrogens with one attached hydrogen (secondary N) is 2. The maximum atomic E-state index is 12.1. The van der Waals surface area contributed by atoms with E-state index in [-0.39, 0.29) is 24.4 Å². The van der Waals surface area contributed by atoms with Gasteiger partial charge in [-0.05, 0) is 11.5 Å². The molecular weight excluding hydrogens is 288 g/mol. The predicted octanol–water partition coefficient (Wildman–Crippen LogP) is 1.95. The third-order valence-electron chi connectivity index (χ3n) is 3.75. The Hall–Kier alpha value is -1.10. The molecule has 2 atom stereocenters. The number of rotatable bonds is 5. The van der Waals surface area contributed by atoms with Gasteiger partial charge in [0.15, 0.2) is 0 Å². The fourth-order valence-electron chi connectivity index (χ4n) is 2.50. The average Bonchev–Trinajstić information content (AvgIpc) is 2.49. The summed E-state index contributed by atoms with van der Waals surface area (Å²) in [6.07, 6.45) is -0.354. The monoisotopic (exact) mass is 312 g/mol. The molecule has 2 rings (SSSR count). The molecule has 0 saturated carbocycles. The molecule has 1 aliphatic heterocycles. The highest BCUT2D eigenvalue weighted by Crippen LogP contribution is 2.23. The lowest BCUT2D eigenvalue weighted by Gasteiger charge is -2.26. The molecule has 1 fully saturated rings. The van der Waals surface area contributed by atoms with Gasteiger partial charge in [-0.3, -0.25) is 4.79 Å². The third kappa shape index (κ3) is 5.30. The highest BCUT2D eigenvalue weighted by atomic mass is 35.5. The minimum atomic E-state index is -0.354. The molecule has 1 saturated heterocycles. The highest BCUT2D eigenvalue weighted by Gasteiger charge is 2.23. The second kappa shape index (κ2) is 9.03. The summed E-state index contributed by atoms with van der Waals surface area (Å²) >= 11 is 0. The summed E-state index contributed by atoms with van der Waals surface area (Å²) in [5, 5.41) is 6.20. The Balaban J connectivity index is 0.00000220. The van der Waals surface area contributed by atoms with Crippen molar-refractivity contribution in [2.24, 2.45) is 5.92 Å². The Bertz CT molecular complexity index is 420. The number of amides is 1. The Labute approximate surface area is 133 Å². The van der Waals surface area contributed by atoms with Crippen LogP contribution in [-0.4, -0.2) is 38.3 Å². The molecule has 0 radical (unpaired) electrons. The summed E-state index contributed by atoms with van der Waals surface area (Å²) in [6, 6.07) is 10.3. The number of morpholine rings is 1. The minimum Gasteiger partial charge on any atom is -0.366 e. The van der Waals surface area contributed by atoms with Gasteiger partial charge in [-0.1, -0.05) is 44.2 Å². The van der Waals surface area contributed by atoms with E-state index in [2.05, 4.69) is 36.6 Å². The van der Waals surface area contributed by atoms with Gasteiger partial charge < -0.3 is 15.4 Å². The van der Waals surface area contributed by atoms with Gasteiger partial charge in [-0.25, -0.2) is 0 Å². The van der Waals surface area contributed by atoms with Crippen molar-refractivity contribution in [3.63, 3.8) is 0 Å². The molecule has 1 amide bonds. The first kappa shape index (κ1) is 18.0. The molecule has 0 bridgehead atoms. The first-order valence-corrected chi connectivity index (χ1v) is 7.33. The molecule has 2 N–H and O–H groups in total. The number of carbonyl (C=O) groups excluding carboxylic acids is 1. The molecule has 1 heterocycles. The molecule has 1 aromatic rings. The molecule has 1 aromatic carbocycles. The maximum Gasteiger partial charge on any atom is 0.250 e. The number of hydrogen-bond donors (Lipinski definition) is 2. The zero-order chi connectivity index (χ0) is 14.4. The minimum absolute atomic E-state index is 0. The molecule has 2 unspecified atom stereocenters. The lowest BCUT2D eigenvalue weighted by molar-refractivity contribution is -0.134. The fourth-order valence-corrected chi connectivity index (χ4v) is 2.50.